The Hall–Kier alpha value is -0.770. The highest BCUT2D eigenvalue weighted by molar-refractivity contribution is 7.99. The van der Waals surface area contributed by atoms with Gasteiger partial charge in [0.1, 0.15) is 11.6 Å². The minimum Gasteiger partial charge on any atom is -0.370 e. The van der Waals surface area contributed by atoms with Crippen LogP contribution in [0.15, 0.2) is 6.07 Å². The van der Waals surface area contributed by atoms with Crippen LogP contribution in [0.4, 0.5) is 5.82 Å². The highest BCUT2D eigenvalue weighted by Crippen LogP contribution is 2.35. The Kier molecular flexibility index (Phi) is 5.39. The van der Waals surface area contributed by atoms with Gasteiger partial charge in [0.2, 0.25) is 0 Å². The van der Waals surface area contributed by atoms with Crippen molar-refractivity contribution in [1.29, 1.82) is 0 Å². The fraction of sp³-hybridized carbons (Fsp3) is 0.765. The molecule has 1 aromatic rings. The molecule has 1 N–H and O–H groups in total. The molecule has 3 nitrogen and oxygen atoms in total. The molecule has 4 heteroatoms. The van der Waals surface area contributed by atoms with E-state index < -0.39 is 0 Å². The van der Waals surface area contributed by atoms with Gasteiger partial charge in [0.05, 0.1) is 5.75 Å². The van der Waals surface area contributed by atoms with Gasteiger partial charge in [0.15, 0.2) is 0 Å². The first-order valence-electron chi connectivity index (χ1n) is 8.58. The Balaban J connectivity index is 1.70. The molecule has 0 saturated heterocycles. The SMILES string of the molecule is CCNc1cc(C2CCCC2)nc(CSC2CCCC2)n1. The first kappa shape index (κ1) is 15.1. The highest BCUT2D eigenvalue weighted by atomic mass is 32.2. The zero-order valence-electron chi connectivity index (χ0n) is 13.1. The Morgan fingerprint density at radius 1 is 1.10 bits per heavy atom. The molecule has 116 valence electrons. The van der Waals surface area contributed by atoms with Crippen LogP contribution in [0.25, 0.3) is 0 Å². The summed E-state index contributed by atoms with van der Waals surface area (Å²) in [5.74, 6) is 3.70. The Labute approximate surface area is 132 Å². The summed E-state index contributed by atoms with van der Waals surface area (Å²) in [6.45, 7) is 3.06. The molecular weight excluding hydrogens is 278 g/mol. The van der Waals surface area contributed by atoms with Crippen molar-refractivity contribution in [2.75, 3.05) is 11.9 Å². The molecule has 1 aromatic heterocycles. The van der Waals surface area contributed by atoms with Crippen molar-refractivity contribution in [3.63, 3.8) is 0 Å². The van der Waals surface area contributed by atoms with E-state index in [4.69, 9.17) is 9.97 Å². The van der Waals surface area contributed by atoms with E-state index in [1.54, 1.807) is 0 Å². The number of thioether (sulfide) groups is 1. The Morgan fingerprint density at radius 2 is 1.81 bits per heavy atom. The van der Waals surface area contributed by atoms with Crippen molar-refractivity contribution in [2.24, 2.45) is 0 Å². The maximum absolute atomic E-state index is 4.89. The average molecular weight is 305 g/mol. The van der Waals surface area contributed by atoms with Gasteiger partial charge < -0.3 is 5.32 Å². The van der Waals surface area contributed by atoms with Crippen molar-refractivity contribution in [1.82, 2.24) is 9.97 Å². The fourth-order valence-corrected chi connectivity index (χ4v) is 4.71. The largest absolute Gasteiger partial charge is 0.370 e. The molecule has 0 aliphatic heterocycles. The van der Waals surface area contributed by atoms with Gasteiger partial charge in [0, 0.05) is 29.5 Å². The number of hydrogen-bond acceptors (Lipinski definition) is 4. The van der Waals surface area contributed by atoms with Crippen LogP contribution in [-0.2, 0) is 5.75 Å². The minimum atomic E-state index is 0.667. The van der Waals surface area contributed by atoms with Crippen LogP contribution in [0.1, 0.15) is 75.7 Å². The van der Waals surface area contributed by atoms with E-state index in [9.17, 15) is 0 Å². The minimum absolute atomic E-state index is 0.667. The van der Waals surface area contributed by atoms with Crippen LogP contribution >= 0.6 is 11.8 Å². The fourth-order valence-electron chi connectivity index (χ4n) is 3.53. The molecule has 0 radical (unpaired) electrons. The second kappa shape index (κ2) is 7.48. The lowest BCUT2D eigenvalue weighted by Crippen LogP contribution is -2.08. The predicted molar refractivity (Wildman–Crippen MR) is 91.0 cm³/mol. The van der Waals surface area contributed by atoms with Crippen LogP contribution in [-0.4, -0.2) is 21.8 Å². The first-order valence-corrected chi connectivity index (χ1v) is 9.63. The lowest BCUT2D eigenvalue weighted by Gasteiger charge is -2.14. The second-order valence-corrected chi connectivity index (χ2v) is 7.61. The molecule has 0 bridgehead atoms. The molecule has 2 aliphatic rings. The van der Waals surface area contributed by atoms with E-state index in [1.165, 1.54) is 57.1 Å². The summed E-state index contributed by atoms with van der Waals surface area (Å²) in [5.41, 5.74) is 1.28. The summed E-state index contributed by atoms with van der Waals surface area (Å²) in [4.78, 5) is 9.60. The number of rotatable bonds is 6. The van der Waals surface area contributed by atoms with E-state index in [-0.39, 0.29) is 0 Å². The van der Waals surface area contributed by atoms with Gasteiger partial charge in [-0.3, -0.25) is 0 Å². The lowest BCUT2D eigenvalue weighted by molar-refractivity contribution is 0.688. The standard InChI is InChI=1S/C17H27N3S/c1-2-18-16-11-15(13-7-3-4-8-13)19-17(20-16)12-21-14-9-5-6-10-14/h11,13-14H,2-10,12H2,1H3,(H,18,19,20). The van der Waals surface area contributed by atoms with Gasteiger partial charge >= 0.3 is 0 Å². The smallest absolute Gasteiger partial charge is 0.140 e. The molecule has 2 fully saturated rings. The van der Waals surface area contributed by atoms with Gasteiger partial charge in [-0.25, -0.2) is 9.97 Å². The molecule has 1 heterocycles. The third kappa shape index (κ3) is 4.12. The quantitative estimate of drug-likeness (QED) is 0.823. The van der Waals surface area contributed by atoms with Crippen molar-refractivity contribution in [3.05, 3.63) is 17.6 Å². The number of nitrogens with one attached hydrogen (secondary N) is 1. The van der Waals surface area contributed by atoms with Gasteiger partial charge in [-0.2, -0.15) is 11.8 Å². The van der Waals surface area contributed by atoms with Crippen molar-refractivity contribution in [2.45, 2.75) is 75.2 Å². The van der Waals surface area contributed by atoms with E-state index in [0.717, 1.165) is 29.2 Å². The predicted octanol–water partition coefficient (Wildman–Crippen LogP) is 4.74. The molecule has 3 rings (SSSR count). The van der Waals surface area contributed by atoms with Gasteiger partial charge in [-0.15, -0.1) is 0 Å². The molecule has 0 amide bonds. The maximum Gasteiger partial charge on any atom is 0.140 e. The van der Waals surface area contributed by atoms with E-state index >= 15 is 0 Å². The van der Waals surface area contributed by atoms with E-state index in [2.05, 4.69) is 30.1 Å². The number of aromatic nitrogens is 2. The van der Waals surface area contributed by atoms with Crippen LogP contribution in [0.2, 0.25) is 0 Å². The summed E-state index contributed by atoms with van der Waals surface area (Å²) in [5, 5.41) is 4.22. The van der Waals surface area contributed by atoms with Gasteiger partial charge in [-0.1, -0.05) is 25.7 Å². The summed E-state index contributed by atoms with van der Waals surface area (Å²) < 4.78 is 0. The number of nitrogens with zero attached hydrogens (tertiary/aromatic N) is 2. The van der Waals surface area contributed by atoms with Crippen LogP contribution in [0.3, 0.4) is 0 Å². The molecule has 2 aliphatic carbocycles. The third-order valence-corrected chi connectivity index (χ3v) is 6.04. The normalized spacial score (nSPS) is 20.2. The zero-order chi connectivity index (χ0) is 14.5. The Bertz CT molecular complexity index is 451. The molecule has 2 saturated carbocycles. The average Bonchev–Trinajstić information content (AvgIpc) is 3.19. The number of anilines is 1. The monoisotopic (exact) mass is 305 g/mol. The highest BCUT2D eigenvalue weighted by Gasteiger charge is 2.21. The van der Waals surface area contributed by atoms with Gasteiger partial charge in [-0.05, 0) is 32.6 Å². The molecular formula is C17H27N3S. The van der Waals surface area contributed by atoms with Crippen molar-refractivity contribution < 1.29 is 0 Å². The van der Waals surface area contributed by atoms with Crippen LogP contribution in [0, 0.1) is 0 Å². The molecule has 21 heavy (non-hydrogen) atoms. The van der Waals surface area contributed by atoms with Crippen molar-refractivity contribution in [3.8, 4) is 0 Å². The van der Waals surface area contributed by atoms with Crippen LogP contribution in [0.5, 0.6) is 0 Å². The van der Waals surface area contributed by atoms with Crippen LogP contribution < -0.4 is 5.32 Å². The number of hydrogen-bond donors (Lipinski definition) is 1. The van der Waals surface area contributed by atoms with E-state index in [0.29, 0.717) is 5.92 Å². The Morgan fingerprint density at radius 3 is 2.52 bits per heavy atom. The molecule has 0 aromatic carbocycles. The lowest BCUT2D eigenvalue weighted by atomic mass is 10.0. The summed E-state index contributed by atoms with van der Waals surface area (Å²) in [6, 6.07) is 2.18. The summed E-state index contributed by atoms with van der Waals surface area (Å²) >= 11 is 2.06. The summed E-state index contributed by atoms with van der Waals surface area (Å²) in [7, 11) is 0. The topological polar surface area (TPSA) is 37.8 Å². The van der Waals surface area contributed by atoms with Gasteiger partial charge in [0.25, 0.3) is 0 Å². The first-order chi connectivity index (χ1) is 10.3. The second-order valence-electron chi connectivity index (χ2n) is 6.32. The third-order valence-electron chi connectivity index (χ3n) is 4.67. The van der Waals surface area contributed by atoms with E-state index in [1.807, 2.05) is 0 Å². The molecule has 0 atom stereocenters. The summed E-state index contributed by atoms with van der Waals surface area (Å²) in [6.07, 6.45) is 10.9. The van der Waals surface area contributed by atoms with Crippen molar-refractivity contribution >= 4 is 17.6 Å². The zero-order valence-corrected chi connectivity index (χ0v) is 13.9. The molecule has 0 unspecified atom stereocenters. The molecule has 0 spiro atoms. The maximum atomic E-state index is 4.89.